The van der Waals surface area contributed by atoms with E-state index in [0.29, 0.717) is 25.9 Å². The van der Waals surface area contributed by atoms with Gasteiger partial charge in [-0.15, -0.1) is 0 Å². The van der Waals surface area contributed by atoms with Crippen LogP contribution in [0.4, 0.5) is 0 Å². The Morgan fingerprint density at radius 1 is 1.00 bits per heavy atom. The fraction of sp³-hybridized carbons (Fsp3) is 0.333. The summed E-state index contributed by atoms with van der Waals surface area (Å²) in [4.78, 5) is 25.2. The standard InChI is InChI=1S/C21H24N2O3/c1-15-6-5-7-16(12-15)13-22-19(24)21(10-11-21)20(25)23-14-17-8-3-4-9-18(17)26-2/h3-9,12H,10-11,13-14H2,1-2H3,(H,22,24)(H,23,25). The maximum Gasteiger partial charge on any atom is 0.235 e. The summed E-state index contributed by atoms with van der Waals surface area (Å²) >= 11 is 0. The number of aryl methyl sites for hydroxylation is 1. The average molecular weight is 352 g/mol. The van der Waals surface area contributed by atoms with Crippen molar-refractivity contribution in [3.05, 3.63) is 65.2 Å². The third-order valence-electron chi connectivity index (χ3n) is 4.79. The molecule has 0 aromatic heterocycles. The van der Waals surface area contributed by atoms with Crippen molar-refractivity contribution >= 4 is 11.8 Å². The van der Waals surface area contributed by atoms with Crippen LogP contribution in [0.1, 0.15) is 29.5 Å². The molecule has 0 spiro atoms. The molecule has 1 fully saturated rings. The largest absolute Gasteiger partial charge is 0.496 e. The Balaban J connectivity index is 1.57. The maximum absolute atomic E-state index is 12.6. The van der Waals surface area contributed by atoms with Crippen LogP contribution in [0.15, 0.2) is 48.5 Å². The first kappa shape index (κ1) is 18.0. The van der Waals surface area contributed by atoms with E-state index in [0.717, 1.165) is 22.4 Å². The zero-order valence-electron chi connectivity index (χ0n) is 15.2. The lowest BCUT2D eigenvalue weighted by molar-refractivity contribution is -0.137. The van der Waals surface area contributed by atoms with Crippen LogP contribution in [-0.4, -0.2) is 18.9 Å². The van der Waals surface area contributed by atoms with Gasteiger partial charge in [-0.05, 0) is 31.4 Å². The molecule has 5 nitrogen and oxygen atoms in total. The van der Waals surface area contributed by atoms with Gasteiger partial charge in [0.2, 0.25) is 11.8 Å². The summed E-state index contributed by atoms with van der Waals surface area (Å²) in [6.07, 6.45) is 1.18. The summed E-state index contributed by atoms with van der Waals surface area (Å²) in [5.74, 6) is 0.309. The summed E-state index contributed by atoms with van der Waals surface area (Å²) < 4.78 is 5.29. The molecular formula is C21H24N2O3. The zero-order chi connectivity index (χ0) is 18.6. The molecule has 136 valence electrons. The fourth-order valence-electron chi connectivity index (χ4n) is 3.05. The molecule has 1 saturated carbocycles. The van der Waals surface area contributed by atoms with E-state index in [4.69, 9.17) is 4.74 Å². The molecule has 2 aromatic carbocycles. The number of ether oxygens (including phenoxy) is 1. The van der Waals surface area contributed by atoms with E-state index in [2.05, 4.69) is 10.6 Å². The van der Waals surface area contributed by atoms with E-state index in [9.17, 15) is 9.59 Å². The second-order valence-electron chi connectivity index (χ2n) is 6.75. The van der Waals surface area contributed by atoms with E-state index >= 15 is 0 Å². The molecule has 2 N–H and O–H groups in total. The Morgan fingerprint density at radius 3 is 2.35 bits per heavy atom. The van der Waals surface area contributed by atoms with E-state index in [-0.39, 0.29) is 11.8 Å². The van der Waals surface area contributed by atoms with Crippen molar-refractivity contribution in [2.24, 2.45) is 5.41 Å². The summed E-state index contributed by atoms with van der Waals surface area (Å²) in [7, 11) is 1.60. The predicted molar refractivity (Wildman–Crippen MR) is 99.5 cm³/mol. The fourth-order valence-corrected chi connectivity index (χ4v) is 3.05. The van der Waals surface area contributed by atoms with Crippen LogP contribution >= 0.6 is 0 Å². The van der Waals surface area contributed by atoms with Gasteiger partial charge in [-0.25, -0.2) is 0 Å². The molecule has 0 heterocycles. The molecule has 2 amide bonds. The topological polar surface area (TPSA) is 67.4 Å². The summed E-state index contributed by atoms with van der Waals surface area (Å²) in [5.41, 5.74) is 2.14. The second kappa shape index (κ2) is 7.60. The number of benzene rings is 2. The van der Waals surface area contributed by atoms with Gasteiger partial charge in [0.1, 0.15) is 11.2 Å². The summed E-state index contributed by atoms with van der Waals surface area (Å²) in [5, 5.41) is 5.79. The molecule has 5 heteroatoms. The highest BCUT2D eigenvalue weighted by molar-refractivity contribution is 6.07. The van der Waals surface area contributed by atoms with Crippen LogP contribution < -0.4 is 15.4 Å². The third-order valence-corrected chi connectivity index (χ3v) is 4.79. The van der Waals surface area contributed by atoms with Crippen LogP contribution in [0.3, 0.4) is 0 Å². The SMILES string of the molecule is COc1ccccc1CNC(=O)C1(C(=O)NCc2cccc(C)c2)CC1. The zero-order valence-corrected chi connectivity index (χ0v) is 15.2. The number of hydrogen-bond acceptors (Lipinski definition) is 3. The van der Waals surface area contributed by atoms with Gasteiger partial charge in [0.15, 0.2) is 0 Å². The minimum Gasteiger partial charge on any atom is -0.496 e. The Bertz CT molecular complexity index is 812. The van der Waals surface area contributed by atoms with E-state index < -0.39 is 5.41 Å². The third kappa shape index (κ3) is 3.87. The summed E-state index contributed by atoms with van der Waals surface area (Å²) in [6.45, 7) is 2.79. The molecule has 0 aliphatic heterocycles. The van der Waals surface area contributed by atoms with Gasteiger partial charge in [-0.2, -0.15) is 0 Å². The highest BCUT2D eigenvalue weighted by Crippen LogP contribution is 2.46. The molecule has 0 bridgehead atoms. The molecule has 0 radical (unpaired) electrons. The van der Waals surface area contributed by atoms with Gasteiger partial charge in [-0.3, -0.25) is 9.59 Å². The van der Waals surface area contributed by atoms with Crippen LogP contribution in [0, 0.1) is 12.3 Å². The van der Waals surface area contributed by atoms with Gasteiger partial charge in [0.05, 0.1) is 7.11 Å². The molecule has 2 aromatic rings. The van der Waals surface area contributed by atoms with Crippen molar-refractivity contribution in [3.63, 3.8) is 0 Å². The lowest BCUT2D eigenvalue weighted by Crippen LogP contribution is -2.42. The Labute approximate surface area is 153 Å². The van der Waals surface area contributed by atoms with Crippen LogP contribution in [0.5, 0.6) is 5.75 Å². The number of carbonyl (C=O) groups excluding carboxylic acids is 2. The smallest absolute Gasteiger partial charge is 0.235 e. The van der Waals surface area contributed by atoms with Crippen LogP contribution in [-0.2, 0) is 22.7 Å². The Hall–Kier alpha value is -2.82. The Kier molecular flexibility index (Phi) is 5.26. The minimum atomic E-state index is -0.925. The molecule has 0 atom stereocenters. The highest BCUT2D eigenvalue weighted by atomic mass is 16.5. The number of hydrogen-bond donors (Lipinski definition) is 2. The number of nitrogens with one attached hydrogen (secondary N) is 2. The number of rotatable bonds is 7. The first-order valence-electron chi connectivity index (χ1n) is 8.79. The van der Waals surface area contributed by atoms with Gasteiger partial charge in [0.25, 0.3) is 0 Å². The maximum atomic E-state index is 12.6. The van der Waals surface area contributed by atoms with Gasteiger partial charge < -0.3 is 15.4 Å². The first-order valence-corrected chi connectivity index (χ1v) is 8.79. The normalized spacial score (nSPS) is 14.4. The number of carbonyl (C=O) groups is 2. The molecule has 3 rings (SSSR count). The predicted octanol–water partition coefficient (Wildman–Crippen LogP) is 2.72. The van der Waals surface area contributed by atoms with Crippen molar-refractivity contribution < 1.29 is 14.3 Å². The van der Waals surface area contributed by atoms with Crippen molar-refractivity contribution in [3.8, 4) is 5.75 Å². The molecule has 26 heavy (non-hydrogen) atoms. The second-order valence-corrected chi connectivity index (χ2v) is 6.75. The molecular weight excluding hydrogens is 328 g/mol. The monoisotopic (exact) mass is 352 g/mol. The van der Waals surface area contributed by atoms with Crippen molar-refractivity contribution in [1.29, 1.82) is 0 Å². The van der Waals surface area contributed by atoms with E-state index in [1.54, 1.807) is 7.11 Å². The van der Waals surface area contributed by atoms with Crippen LogP contribution in [0.2, 0.25) is 0 Å². The highest BCUT2D eigenvalue weighted by Gasteiger charge is 2.56. The lowest BCUT2D eigenvalue weighted by atomic mass is 10.0. The average Bonchev–Trinajstić information content (AvgIpc) is 3.46. The summed E-state index contributed by atoms with van der Waals surface area (Å²) in [6, 6.07) is 15.5. The van der Waals surface area contributed by atoms with Gasteiger partial charge in [0, 0.05) is 18.7 Å². The first-order chi connectivity index (χ1) is 12.5. The quantitative estimate of drug-likeness (QED) is 0.753. The van der Waals surface area contributed by atoms with Crippen LogP contribution in [0.25, 0.3) is 0 Å². The van der Waals surface area contributed by atoms with Gasteiger partial charge in [-0.1, -0.05) is 48.0 Å². The van der Waals surface area contributed by atoms with Crippen molar-refractivity contribution in [2.75, 3.05) is 7.11 Å². The molecule has 0 saturated heterocycles. The van der Waals surface area contributed by atoms with E-state index in [1.165, 1.54) is 0 Å². The lowest BCUT2D eigenvalue weighted by Gasteiger charge is -2.16. The molecule has 1 aliphatic rings. The number of para-hydroxylation sites is 1. The minimum absolute atomic E-state index is 0.198. The van der Waals surface area contributed by atoms with Crippen molar-refractivity contribution in [1.82, 2.24) is 10.6 Å². The van der Waals surface area contributed by atoms with E-state index in [1.807, 2.05) is 55.5 Å². The number of methoxy groups -OCH3 is 1. The van der Waals surface area contributed by atoms with Gasteiger partial charge >= 0.3 is 0 Å². The van der Waals surface area contributed by atoms with Crippen molar-refractivity contribution in [2.45, 2.75) is 32.9 Å². The molecule has 0 unspecified atom stereocenters. The molecule has 1 aliphatic carbocycles. The Morgan fingerprint density at radius 2 is 1.69 bits per heavy atom. The number of amides is 2.